The molecule has 108 valence electrons. The van der Waals surface area contributed by atoms with Crippen molar-refractivity contribution in [3.8, 4) is 0 Å². The highest BCUT2D eigenvalue weighted by molar-refractivity contribution is 5.18. The zero-order valence-electron chi connectivity index (χ0n) is 12.9. The monoisotopic (exact) mass is 263 g/mol. The van der Waals surface area contributed by atoms with Crippen LogP contribution in [0.2, 0.25) is 0 Å². The largest absolute Gasteiger partial charge is 0.376 e. The number of benzene rings is 1. The molecule has 1 N–H and O–H groups in total. The minimum atomic E-state index is -0.0287. The Bertz CT molecular complexity index is 329. The first-order valence-electron chi connectivity index (χ1n) is 7.45. The molecule has 0 heterocycles. The molecule has 0 saturated heterocycles. The molecule has 0 radical (unpaired) electrons. The summed E-state index contributed by atoms with van der Waals surface area (Å²) in [5.74, 6) is 0. The number of hydrogen-bond donors (Lipinski definition) is 1. The molecule has 0 saturated carbocycles. The maximum atomic E-state index is 5.79. The van der Waals surface area contributed by atoms with Crippen LogP contribution in [0, 0.1) is 0 Å². The predicted octanol–water partition coefficient (Wildman–Crippen LogP) is 4.32. The molecule has 0 aliphatic rings. The Morgan fingerprint density at radius 1 is 1.16 bits per heavy atom. The molecule has 1 atom stereocenters. The van der Waals surface area contributed by atoms with E-state index in [2.05, 4.69) is 63.3 Å². The fourth-order valence-electron chi connectivity index (χ4n) is 2.06. The quantitative estimate of drug-likeness (QED) is 0.705. The summed E-state index contributed by atoms with van der Waals surface area (Å²) < 4.78 is 5.79. The van der Waals surface area contributed by atoms with Crippen LogP contribution in [0.5, 0.6) is 0 Å². The maximum Gasteiger partial charge on any atom is 0.0598 e. The van der Waals surface area contributed by atoms with Gasteiger partial charge in [0.25, 0.3) is 0 Å². The normalized spacial score (nSPS) is 13.5. The number of hydrogen-bond acceptors (Lipinski definition) is 2. The summed E-state index contributed by atoms with van der Waals surface area (Å²) in [5.41, 5.74) is 1.35. The van der Waals surface area contributed by atoms with E-state index in [9.17, 15) is 0 Å². The van der Waals surface area contributed by atoms with Crippen LogP contribution in [0.1, 0.15) is 58.6 Å². The van der Waals surface area contributed by atoms with Crippen LogP contribution in [0.15, 0.2) is 30.3 Å². The highest BCUT2D eigenvalue weighted by Gasteiger charge is 2.12. The summed E-state index contributed by atoms with van der Waals surface area (Å²) in [5, 5.41) is 3.63. The zero-order valence-corrected chi connectivity index (χ0v) is 12.9. The molecule has 2 nitrogen and oxygen atoms in total. The third kappa shape index (κ3) is 7.34. The van der Waals surface area contributed by atoms with Gasteiger partial charge in [0.05, 0.1) is 5.60 Å². The lowest BCUT2D eigenvalue weighted by Crippen LogP contribution is -2.24. The summed E-state index contributed by atoms with van der Waals surface area (Å²) in [6, 6.07) is 11.2. The lowest BCUT2D eigenvalue weighted by Gasteiger charge is -2.22. The lowest BCUT2D eigenvalue weighted by atomic mass is 10.0. The summed E-state index contributed by atoms with van der Waals surface area (Å²) in [6.45, 7) is 10.4. The van der Waals surface area contributed by atoms with Gasteiger partial charge in [0.15, 0.2) is 0 Å². The molecule has 1 aromatic carbocycles. The number of ether oxygens (including phenoxy) is 1. The Morgan fingerprint density at radius 3 is 2.42 bits per heavy atom. The van der Waals surface area contributed by atoms with Crippen molar-refractivity contribution in [3.63, 3.8) is 0 Å². The molecular formula is C17H29NO. The zero-order chi connectivity index (χ0) is 14.1. The van der Waals surface area contributed by atoms with Crippen molar-refractivity contribution >= 4 is 0 Å². The van der Waals surface area contributed by atoms with Gasteiger partial charge in [-0.25, -0.2) is 0 Å². The average Bonchev–Trinajstić information content (AvgIpc) is 2.38. The van der Waals surface area contributed by atoms with E-state index in [1.807, 2.05) is 0 Å². The Balaban J connectivity index is 2.42. The highest BCUT2D eigenvalue weighted by atomic mass is 16.5. The molecule has 0 aliphatic carbocycles. The average molecular weight is 263 g/mol. The minimum Gasteiger partial charge on any atom is -0.376 e. The first-order chi connectivity index (χ1) is 9.03. The summed E-state index contributed by atoms with van der Waals surface area (Å²) in [7, 11) is 0. The van der Waals surface area contributed by atoms with Gasteiger partial charge < -0.3 is 10.1 Å². The van der Waals surface area contributed by atoms with Gasteiger partial charge in [-0.2, -0.15) is 0 Å². The van der Waals surface area contributed by atoms with Crippen LogP contribution in [0.4, 0.5) is 0 Å². The van der Waals surface area contributed by atoms with E-state index in [0.717, 1.165) is 26.0 Å². The van der Waals surface area contributed by atoms with Gasteiger partial charge in [0, 0.05) is 12.6 Å². The molecule has 1 rings (SSSR count). The molecular weight excluding hydrogens is 234 g/mol. The van der Waals surface area contributed by atoms with Crippen molar-refractivity contribution in [3.05, 3.63) is 35.9 Å². The van der Waals surface area contributed by atoms with Crippen molar-refractivity contribution in [2.24, 2.45) is 0 Å². The summed E-state index contributed by atoms with van der Waals surface area (Å²) in [6.07, 6.45) is 3.38. The molecule has 0 amide bonds. The van der Waals surface area contributed by atoms with Gasteiger partial charge in [0.1, 0.15) is 0 Å². The van der Waals surface area contributed by atoms with Gasteiger partial charge in [-0.1, -0.05) is 37.3 Å². The predicted molar refractivity (Wildman–Crippen MR) is 82.4 cm³/mol. The molecule has 1 unspecified atom stereocenters. The van der Waals surface area contributed by atoms with Crippen LogP contribution in [-0.2, 0) is 4.74 Å². The van der Waals surface area contributed by atoms with Crippen molar-refractivity contribution in [2.75, 3.05) is 13.2 Å². The van der Waals surface area contributed by atoms with Crippen LogP contribution < -0.4 is 5.32 Å². The second-order valence-corrected chi connectivity index (χ2v) is 6.02. The summed E-state index contributed by atoms with van der Waals surface area (Å²) >= 11 is 0. The van der Waals surface area contributed by atoms with Crippen molar-refractivity contribution < 1.29 is 4.74 Å². The Morgan fingerprint density at radius 2 is 1.84 bits per heavy atom. The van der Waals surface area contributed by atoms with E-state index in [1.54, 1.807) is 0 Å². The smallest absolute Gasteiger partial charge is 0.0598 e. The van der Waals surface area contributed by atoms with Crippen LogP contribution >= 0.6 is 0 Å². The third-order valence-electron chi connectivity index (χ3n) is 3.01. The van der Waals surface area contributed by atoms with Crippen LogP contribution in [-0.4, -0.2) is 18.8 Å². The SMILES string of the molecule is CCCNC(CCCOC(C)(C)C)c1ccccc1. The fourth-order valence-corrected chi connectivity index (χ4v) is 2.06. The van der Waals surface area contributed by atoms with Gasteiger partial charge in [-0.15, -0.1) is 0 Å². The lowest BCUT2D eigenvalue weighted by molar-refractivity contribution is -0.00539. The number of rotatable bonds is 8. The van der Waals surface area contributed by atoms with E-state index >= 15 is 0 Å². The van der Waals surface area contributed by atoms with E-state index in [-0.39, 0.29) is 5.60 Å². The molecule has 1 aromatic rings. The van der Waals surface area contributed by atoms with Crippen LogP contribution in [0.25, 0.3) is 0 Å². The van der Waals surface area contributed by atoms with E-state index in [4.69, 9.17) is 4.74 Å². The van der Waals surface area contributed by atoms with Gasteiger partial charge in [0.2, 0.25) is 0 Å². The second kappa shape index (κ2) is 8.34. The first kappa shape index (κ1) is 16.2. The molecule has 2 heteroatoms. The van der Waals surface area contributed by atoms with E-state index in [0.29, 0.717) is 6.04 Å². The first-order valence-corrected chi connectivity index (χ1v) is 7.45. The summed E-state index contributed by atoms with van der Waals surface area (Å²) in [4.78, 5) is 0. The molecule has 0 aliphatic heterocycles. The van der Waals surface area contributed by atoms with Gasteiger partial charge in [-0.05, 0) is 52.1 Å². The Labute approximate surface area is 118 Å². The molecule has 0 fully saturated rings. The minimum absolute atomic E-state index is 0.0287. The van der Waals surface area contributed by atoms with Crippen molar-refractivity contribution in [1.82, 2.24) is 5.32 Å². The van der Waals surface area contributed by atoms with Gasteiger partial charge in [-0.3, -0.25) is 0 Å². The molecule has 19 heavy (non-hydrogen) atoms. The highest BCUT2D eigenvalue weighted by Crippen LogP contribution is 2.19. The van der Waals surface area contributed by atoms with Crippen LogP contribution in [0.3, 0.4) is 0 Å². The molecule has 0 aromatic heterocycles. The fraction of sp³-hybridized carbons (Fsp3) is 0.647. The van der Waals surface area contributed by atoms with Gasteiger partial charge >= 0.3 is 0 Å². The third-order valence-corrected chi connectivity index (χ3v) is 3.01. The maximum absolute atomic E-state index is 5.79. The molecule has 0 bridgehead atoms. The van der Waals surface area contributed by atoms with E-state index in [1.165, 1.54) is 12.0 Å². The topological polar surface area (TPSA) is 21.3 Å². The molecule has 0 spiro atoms. The standard InChI is InChI=1S/C17H29NO/c1-5-13-18-16(15-10-7-6-8-11-15)12-9-14-19-17(2,3)4/h6-8,10-11,16,18H,5,9,12-14H2,1-4H3. The Kier molecular flexibility index (Phi) is 7.11. The Hall–Kier alpha value is -0.860. The second-order valence-electron chi connectivity index (χ2n) is 6.02. The van der Waals surface area contributed by atoms with Crippen molar-refractivity contribution in [2.45, 2.75) is 58.6 Å². The van der Waals surface area contributed by atoms with E-state index < -0.39 is 0 Å². The van der Waals surface area contributed by atoms with Crippen molar-refractivity contribution in [1.29, 1.82) is 0 Å². The number of nitrogens with one attached hydrogen (secondary N) is 1.